The van der Waals surface area contributed by atoms with Crippen LogP contribution in [0.15, 0.2) is 48.8 Å². The van der Waals surface area contributed by atoms with Crippen molar-refractivity contribution < 1.29 is 4.57 Å². The number of benzene rings is 1. The van der Waals surface area contributed by atoms with Crippen LogP contribution in [0.2, 0.25) is 0 Å². The second kappa shape index (κ2) is 7.28. The third-order valence-corrected chi connectivity index (χ3v) is 5.54. The molecule has 0 radical (unpaired) electrons. The number of hydrogen-bond acceptors (Lipinski definition) is 5. The Balaban J connectivity index is 1.97. The highest BCUT2D eigenvalue weighted by molar-refractivity contribution is 5.70. The highest BCUT2D eigenvalue weighted by Crippen LogP contribution is 2.30. The molecule has 6 nitrogen and oxygen atoms in total. The zero-order chi connectivity index (χ0) is 20.7. The van der Waals surface area contributed by atoms with Crippen molar-refractivity contribution in [2.24, 2.45) is 7.05 Å². The van der Waals surface area contributed by atoms with E-state index in [0.717, 1.165) is 28.7 Å². The highest BCUT2D eigenvalue weighted by atomic mass is 15.4. The average molecular weight is 388 g/mol. The van der Waals surface area contributed by atoms with Gasteiger partial charge in [-0.15, -0.1) is 0 Å². The van der Waals surface area contributed by atoms with Crippen molar-refractivity contribution >= 4 is 5.82 Å². The van der Waals surface area contributed by atoms with Crippen LogP contribution in [0.3, 0.4) is 0 Å². The molecular weight excluding hydrogens is 360 g/mol. The first-order chi connectivity index (χ1) is 13.8. The van der Waals surface area contributed by atoms with E-state index >= 15 is 0 Å². The largest absolute Gasteiger partial charge is 0.339 e. The standard InChI is InChI=1S/C23H27N6/c1-15-9-7-8-10-20(15)21-13-19(23-25-16(2)24-17(3)26-23)14-22(28(21)6)29-12-11-27(5)18(29)4/h7-14,18H,1-6H3/q+1/t18-/m0/s1. The van der Waals surface area contributed by atoms with Gasteiger partial charge in [-0.25, -0.2) is 24.4 Å². The Hall–Kier alpha value is -3.28. The number of hydrogen-bond donors (Lipinski definition) is 0. The Kier molecular flexibility index (Phi) is 4.78. The summed E-state index contributed by atoms with van der Waals surface area (Å²) in [5, 5.41) is 0. The Morgan fingerprint density at radius 2 is 1.62 bits per heavy atom. The summed E-state index contributed by atoms with van der Waals surface area (Å²) >= 11 is 0. The van der Waals surface area contributed by atoms with Gasteiger partial charge >= 0.3 is 0 Å². The summed E-state index contributed by atoms with van der Waals surface area (Å²) in [7, 11) is 4.20. The van der Waals surface area contributed by atoms with Crippen LogP contribution in [-0.4, -0.2) is 33.1 Å². The summed E-state index contributed by atoms with van der Waals surface area (Å²) in [6, 6.07) is 12.8. The number of nitrogens with zero attached hydrogens (tertiary/aromatic N) is 6. The van der Waals surface area contributed by atoms with Gasteiger partial charge in [-0.1, -0.05) is 24.3 Å². The first-order valence-corrected chi connectivity index (χ1v) is 9.83. The van der Waals surface area contributed by atoms with Crippen molar-refractivity contribution in [3.05, 3.63) is 66.0 Å². The van der Waals surface area contributed by atoms with E-state index in [0.29, 0.717) is 5.82 Å². The topological polar surface area (TPSA) is 49.0 Å². The molecule has 148 valence electrons. The number of aryl methyl sites for hydroxylation is 3. The van der Waals surface area contributed by atoms with Crippen LogP contribution in [0.25, 0.3) is 22.6 Å². The molecule has 1 aliphatic heterocycles. The van der Waals surface area contributed by atoms with Gasteiger partial charge in [0.2, 0.25) is 0 Å². The maximum atomic E-state index is 4.61. The molecule has 0 amide bonds. The molecule has 0 spiro atoms. The van der Waals surface area contributed by atoms with Gasteiger partial charge in [-0.2, -0.15) is 0 Å². The Bertz CT molecular complexity index is 1080. The van der Waals surface area contributed by atoms with E-state index in [1.165, 1.54) is 11.1 Å². The summed E-state index contributed by atoms with van der Waals surface area (Å²) < 4.78 is 2.24. The molecule has 0 saturated carbocycles. The molecule has 3 heterocycles. The van der Waals surface area contributed by atoms with Crippen molar-refractivity contribution in [2.75, 3.05) is 11.9 Å². The summed E-state index contributed by atoms with van der Waals surface area (Å²) in [4.78, 5) is 18.0. The van der Waals surface area contributed by atoms with E-state index < -0.39 is 0 Å². The number of pyridine rings is 1. The van der Waals surface area contributed by atoms with Gasteiger partial charge in [-0.05, 0) is 39.3 Å². The molecular formula is C23H27N6+. The number of aromatic nitrogens is 4. The van der Waals surface area contributed by atoms with Gasteiger partial charge in [-0.3, -0.25) is 0 Å². The molecule has 0 saturated heterocycles. The zero-order valence-corrected chi connectivity index (χ0v) is 17.9. The second-order valence-corrected chi connectivity index (χ2v) is 7.62. The Labute approximate surface area is 172 Å². The van der Waals surface area contributed by atoms with E-state index in [1.807, 2.05) is 13.8 Å². The summed E-state index contributed by atoms with van der Waals surface area (Å²) in [5.74, 6) is 3.25. The van der Waals surface area contributed by atoms with E-state index in [4.69, 9.17) is 0 Å². The van der Waals surface area contributed by atoms with Crippen molar-refractivity contribution in [3.63, 3.8) is 0 Å². The fourth-order valence-electron chi connectivity index (χ4n) is 3.78. The quantitative estimate of drug-likeness (QED) is 0.644. The molecule has 0 fully saturated rings. The molecule has 1 aromatic carbocycles. The Morgan fingerprint density at radius 1 is 0.931 bits per heavy atom. The van der Waals surface area contributed by atoms with Crippen molar-refractivity contribution in [2.45, 2.75) is 33.9 Å². The van der Waals surface area contributed by atoms with Crippen LogP contribution in [-0.2, 0) is 7.05 Å². The molecule has 0 N–H and O–H groups in total. The first kappa shape index (κ1) is 19.1. The molecule has 1 atom stereocenters. The Morgan fingerprint density at radius 3 is 2.24 bits per heavy atom. The minimum absolute atomic E-state index is 0.225. The minimum atomic E-state index is 0.225. The normalized spacial score (nSPS) is 16.0. The van der Waals surface area contributed by atoms with Crippen molar-refractivity contribution in [1.29, 1.82) is 0 Å². The monoisotopic (exact) mass is 387 g/mol. The van der Waals surface area contributed by atoms with Crippen LogP contribution in [0, 0.1) is 20.8 Å². The van der Waals surface area contributed by atoms with Crippen LogP contribution in [0.5, 0.6) is 0 Å². The van der Waals surface area contributed by atoms with E-state index in [-0.39, 0.29) is 6.17 Å². The summed E-state index contributed by atoms with van der Waals surface area (Å²) in [6.07, 6.45) is 4.44. The third kappa shape index (κ3) is 3.46. The molecule has 3 aromatic rings. The lowest BCUT2D eigenvalue weighted by Gasteiger charge is -2.23. The van der Waals surface area contributed by atoms with Gasteiger partial charge in [0.15, 0.2) is 12.0 Å². The minimum Gasteiger partial charge on any atom is -0.339 e. The van der Waals surface area contributed by atoms with Crippen LogP contribution >= 0.6 is 0 Å². The molecule has 4 rings (SSSR count). The molecule has 0 aliphatic carbocycles. The van der Waals surface area contributed by atoms with Crippen LogP contribution in [0.1, 0.15) is 24.1 Å². The van der Waals surface area contributed by atoms with E-state index in [2.05, 4.69) is 106 Å². The van der Waals surface area contributed by atoms with Gasteiger partial charge in [0.05, 0.1) is 7.05 Å². The van der Waals surface area contributed by atoms with Gasteiger partial charge in [0.25, 0.3) is 5.82 Å². The average Bonchev–Trinajstić information content (AvgIpc) is 3.01. The van der Waals surface area contributed by atoms with Crippen LogP contribution in [0.4, 0.5) is 5.82 Å². The fraction of sp³-hybridized carbons (Fsp3) is 0.304. The predicted molar refractivity (Wildman–Crippen MR) is 115 cm³/mol. The summed E-state index contributed by atoms with van der Waals surface area (Å²) in [6.45, 7) is 8.15. The lowest BCUT2D eigenvalue weighted by Crippen LogP contribution is -2.43. The second-order valence-electron chi connectivity index (χ2n) is 7.62. The van der Waals surface area contributed by atoms with Gasteiger partial charge in [0.1, 0.15) is 23.5 Å². The zero-order valence-electron chi connectivity index (χ0n) is 17.9. The maximum Gasteiger partial charge on any atom is 0.283 e. The molecule has 6 heteroatoms. The van der Waals surface area contributed by atoms with Crippen LogP contribution < -0.4 is 9.47 Å². The number of anilines is 1. The summed E-state index contributed by atoms with van der Waals surface area (Å²) in [5.41, 5.74) is 4.54. The van der Waals surface area contributed by atoms with Crippen molar-refractivity contribution in [1.82, 2.24) is 19.9 Å². The predicted octanol–water partition coefficient (Wildman–Crippen LogP) is 3.52. The first-order valence-electron chi connectivity index (χ1n) is 9.83. The lowest BCUT2D eigenvalue weighted by molar-refractivity contribution is -0.647. The lowest BCUT2D eigenvalue weighted by atomic mass is 10.0. The molecule has 1 aliphatic rings. The third-order valence-electron chi connectivity index (χ3n) is 5.54. The number of rotatable bonds is 3. The molecule has 0 unspecified atom stereocenters. The van der Waals surface area contributed by atoms with Gasteiger partial charge in [0, 0.05) is 30.4 Å². The van der Waals surface area contributed by atoms with Gasteiger partial charge < -0.3 is 4.90 Å². The molecule has 29 heavy (non-hydrogen) atoms. The smallest absolute Gasteiger partial charge is 0.283 e. The van der Waals surface area contributed by atoms with E-state index in [1.54, 1.807) is 0 Å². The molecule has 0 bridgehead atoms. The SMILES string of the molecule is Cc1nc(C)nc(-c2cc(-c3ccccc3C)[n+](C)c(N3C=CN(C)[C@@H]3C)c2)n1. The fourth-order valence-corrected chi connectivity index (χ4v) is 3.78. The molecule has 2 aromatic heterocycles. The highest BCUT2D eigenvalue weighted by Gasteiger charge is 2.31. The van der Waals surface area contributed by atoms with E-state index in [9.17, 15) is 0 Å². The van der Waals surface area contributed by atoms with Crippen molar-refractivity contribution in [3.8, 4) is 22.6 Å². The maximum absolute atomic E-state index is 4.61.